The van der Waals surface area contributed by atoms with Gasteiger partial charge in [0.05, 0.1) is 6.10 Å². The van der Waals surface area contributed by atoms with Crippen LogP contribution in [0.5, 0.6) is 0 Å². The molecule has 4 nitrogen and oxygen atoms in total. The summed E-state index contributed by atoms with van der Waals surface area (Å²) in [5, 5.41) is 3.27. The Morgan fingerprint density at radius 1 is 1.31 bits per heavy atom. The number of hydrogen-bond donors (Lipinski definition) is 1. The summed E-state index contributed by atoms with van der Waals surface area (Å²) in [6.07, 6.45) is 4.09. The molecule has 4 heteroatoms. The Bertz CT molecular complexity index is 302. The highest BCUT2D eigenvalue weighted by atomic mass is 16.5. The third kappa shape index (κ3) is 5.66. The standard InChI is InChI=1S/C12H21N3O/c1-10(2)16-7-5-4-6-13-12-8-11(3)14-9-15-12/h8-10H,4-7H2,1-3H3,(H,13,14,15). The molecule has 0 fully saturated rings. The van der Waals surface area contributed by atoms with Gasteiger partial charge in [-0.05, 0) is 33.6 Å². The first kappa shape index (κ1) is 12.9. The molecule has 16 heavy (non-hydrogen) atoms. The third-order valence-electron chi connectivity index (χ3n) is 2.13. The minimum absolute atomic E-state index is 0.331. The maximum atomic E-state index is 5.46. The summed E-state index contributed by atoms with van der Waals surface area (Å²) in [5.74, 6) is 0.900. The highest BCUT2D eigenvalue weighted by Gasteiger charge is 1.95. The molecular formula is C12H21N3O. The van der Waals surface area contributed by atoms with E-state index in [-0.39, 0.29) is 0 Å². The smallest absolute Gasteiger partial charge is 0.129 e. The molecule has 0 aromatic carbocycles. The second-order valence-corrected chi connectivity index (χ2v) is 4.10. The molecule has 0 spiro atoms. The summed E-state index contributed by atoms with van der Waals surface area (Å²) in [6, 6.07) is 1.95. The molecule has 1 heterocycles. The molecule has 1 N–H and O–H groups in total. The first-order valence-corrected chi connectivity index (χ1v) is 5.82. The first-order valence-electron chi connectivity index (χ1n) is 5.82. The van der Waals surface area contributed by atoms with Gasteiger partial charge in [-0.3, -0.25) is 0 Å². The molecule has 1 rings (SSSR count). The number of rotatable bonds is 7. The van der Waals surface area contributed by atoms with E-state index >= 15 is 0 Å². The van der Waals surface area contributed by atoms with Crippen molar-refractivity contribution in [3.8, 4) is 0 Å². The summed E-state index contributed by atoms with van der Waals surface area (Å²) in [5.41, 5.74) is 0.987. The largest absolute Gasteiger partial charge is 0.379 e. The van der Waals surface area contributed by atoms with Gasteiger partial charge in [0.2, 0.25) is 0 Å². The second kappa shape index (κ2) is 7.17. The number of nitrogens with one attached hydrogen (secondary N) is 1. The number of unbranched alkanes of at least 4 members (excludes halogenated alkanes) is 1. The van der Waals surface area contributed by atoms with Crippen molar-refractivity contribution >= 4 is 5.82 Å². The van der Waals surface area contributed by atoms with Crippen LogP contribution in [0.25, 0.3) is 0 Å². The topological polar surface area (TPSA) is 47.0 Å². The van der Waals surface area contributed by atoms with E-state index in [2.05, 4.69) is 29.1 Å². The van der Waals surface area contributed by atoms with Gasteiger partial charge in [0, 0.05) is 24.9 Å². The Labute approximate surface area is 97.5 Å². The van der Waals surface area contributed by atoms with Crippen molar-refractivity contribution in [3.05, 3.63) is 18.1 Å². The fourth-order valence-electron chi connectivity index (χ4n) is 1.31. The molecule has 0 bridgehead atoms. The van der Waals surface area contributed by atoms with Gasteiger partial charge in [0.25, 0.3) is 0 Å². The zero-order valence-corrected chi connectivity index (χ0v) is 10.4. The van der Waals surface area contributed by atoms with Crippen LogP contribution >= 0.6 is 0 Å². The van der Waals surface area contributed by atoms with Crippen molar-refractivity contribution in [2.24, 2.45) is 0 Å². The molecule has 0 aliphatic carbocycles. The highest BCUT2D eigenvalue weighted by Crippen LogP contribution is 2.03. The number of aryl methyl sites for hydroxylation is 1. The minimum Gasteiger partial charge on any atom is -0.379 e. The molecule has 0 amide bonds. The Hall–Kier alpha value is -1.16. The zero-order valence-electron chi connectivity index (χ0n) is 10.4. The number of ether oxygens (including phenoxy) is 1. The molecule has 0 saturated heterocycles. The van der Waals surface area contributed by atoms with Gasteiger partial charge in [0.15, 0.2) is 0 Å². The summed E-state index contributed by atoms with van der Waals surface area (Å²) in [7, 11) is 0. The Balaban J connectivity index is 2.07. The monoisotopic (exact) mass is 223 g/mol. The van der Waals surface area contributed by atoms with E-state index in [1.54, 1.807) is 6.33 Å². The predicted molar refractivity (Wildman–Crippen MR) is 65.6 cm³/mol. The van der Waals surface area contributed by atoms with Crippen LogP contribution in [0.3, 0.4) is 0 Å². The van der Waals surface area contributed by atoms with E-state index in [4.69, 9.17) is 4.74 Å². The van der Waals surface area contributed by atoms with Crippen LogP contribution in [-0.2, 0) is 4.74 Å². The molecule has 1 aromatic rings. The van der Waals surface area contributed by atoms with Gasteiger partial charge in [-0.15, -0.1) is 0 Å². The Morgan fingerprint density at radius 2 is 2.12 bits per heavy atom. The maximum absolute atomic E-state index is 5.46. The van der Waals surface area contributed by atoms with Gasteiger partial charge in [-0.1, -0.05) is 0 Å². The summed E-state index contributed by atoms with van der Waals surface area (Å²) in [6.45, 7) is 7.84. The van der Waals surface area contributed by atoms with Crippen molar-refractivity contribution in [1.82, 2.24) is 9.97 Å². The lowest BCUT2D eigenvalue weighted by molar-refractivity contribution is 0.0765. The molecule has 0 aliphatic rings. The number of anilines is 1. The summed E-state index contributed by atoms with van der Waals surface area (Å²) >= 11 is 0. The molecular weight excluding hydrogens is 202 g/mol. The zero-order chi connectivity index (χ0) is 11.8. The lowest BCUT2D eigenvalue weighted by atomic mass is 10.3. The van der Waals surface area contributed by atoms with E-state index in [1.165, 1.54) is 0 Å². The van der Waals surface area contributed by atoms with Gasteiger partial charge >= 0.3 is 0 Å². The lowest BCUT2D eigenvalue weighted by Crippen LogP contribution is -2.07. The van der Waals surface area contributed by atoms with Crippen molar-refractivity contribution < 1.29 is 4.74 Å². The lowest BCUT2D eigenvalue weighted by Gasteiger charge is -2.08. The van der Waals surface area contributed by atoms with E-state index in [9.17, 15) is 0 Å². The molecule has 0 unspecified atom stereocenters. The number of aromatic nitrogens is 2. The molecule has 1 aromatic heterocycles. The highest BCUT2D eigenvalue weighted by molar-refractivity contribution is 5.33. The van der Waals surface area contributed by atoms with Gasteiger partial charge in [-0.2, -0.15) is 0 Å². The molecule has 0 aliphatic heterocycles. The molecule has 0 atom stereocenters. The Morgan fingerprint density at radius 3 is 2.81 bits per heavy atom. The van der Waals surface area contributed by atoms with Gasteiger partial charge in [-0.25, -0.2) is 9.97 Å². The molecule has 0 saturated carbocycles. The van der Waals surface area contributed by atoms with Crippen LogP contribution in [0.1, 0.15) is 32.4 Å². The van der Waals surface area contributed by atoms with Crippen molar-refractivity contribution in [2.75, 3.05) is 18.5 Å². The predicted octanol–water partition coefficient (Wildman–Crippen LogP) is 2.40. The maximum Gasteiger partial charge on any atom is 0.129 e. The molecule has 0 radical (unpaired) electrons. The van der Waals surface area contributed by atoms with Crippen LogP contribution in [0.4, 0.5) is 5.82 Å². The van der Waals surface area contributed by atoms with Crippen LogP contribution in [0, 0.1) is 6.92 Å². The SMILES string of the molecule is Cc1cc(NCCCCOC(C)C)ncn1. The first-order chi connectivity index (χ1) is 7.68. The van der Waals surface area contributed by atoms with Crippen molar-refractivity contribution in [3.63, 3.8) is 0 Å². The van der Waals surface area contributed by atoms with Crippen LogP contribution in [0.15, 0.2) is 12.4 Å². The average molecular weight is 223 g/mol. The van der Waals surface area contributed by atoms with E-state index < -0.39 is 0 Å². The van der Waals surface area contributed by atoms with E-state index in [0.717, 1.165) is 37.5 Å². The van der Waals surface area contributed by atoms with Crippen LogP contribution in [0.2, 0.25) is 0 Å². The van der Waals surface area contributed by atoms with Crippen molar-refractivity contribution in [2.45, 2.75) is 39.7 Å². The second-order valence-electron chi connectivity index (χ2n) is 4.10. The fraction of sp³-hybridized carbons (Fsp3) is 0.667. The van der Waals surface area contributed by atoms with E-state index in [0.29, 0.717) is 6.10 Å². The number of nitrogens with zero attached hydrogens (tertiary/aromatic N) is 2. The van der Waals surface area contributed by atoms with Crippen LogP contribution < -0.4 is 5.32 Å². The quantitative estimate of drug-likeness (QED) is 0.721. The summed E-state index contributed by atoms with van der Waals surface area (Å²) < 4.78 is 5.46. The minimum atomic E-state index is 0.331. The van der Waals surface area contributed by atoms with Crippen molar-refractivity contribution in [1.29, 1.82) is 0 Å². The van der Waals surface area contributed by atoms with Gasteiger partial charge < -0.3 is 10.1 Å². The molecule has 90 valence electrons. The average Bonchev–Trinajstić information content (AvgIpc) is 2.23. The normalized spacial score (nSPS) is 10.8. The number of hydrogen-bond acceptors (Lipinski definition) is 4. The third-order valence-corrected chi connectivity index (χ3v) is 2.13. The fourth-order valence-corrected chi connectivity index (χ4v) is 1.31. The van der Waals surface area contributed by atoms with E-state index in [1.807, 2.05) is 13.0 Å². The van der Waals surface area contributed by atoms with Gasteiger partial charge in [0.1, 0.15) is 12.1 Å². The van der Waals surface area contributed by atoms with Crippen LogP contribution in [-0.4, -0.2) is 29.2 Å². The Kier molecular flexibility index (Phi) is 5.78. The summed E-state index contributed by atoms with van der Waals surface area (Å²) in [4.78, 5) is 8.18.